The summed E-state index contributed by atoms with van der Waals surface area (Å²) in [7, 11) is 5.72. The molecule has 4 aromatic carbocycles. The summed E-state index contributed by atoms with van der Waals surface area (Å²) in [6.45, 7) is 25.7. The summed E-state index contributed by atoms with van der Waals surface area (Å²) >= 11 is 4.90. The summed E-state index contributed by atoms with van der Waals surface area (Å²) in [6.07, 6.45) is 0.209. The fourth-order valence-corrected chi connectivity index (χ4v) is 7.10. The van der Waals surface area contributed by atoms with Crippen LogP contribution in [0.3, 0.4) is 0 Å². The summed E-state index contributed by atoms with van der Waals surface area (Å²) in [6, 6.07) is 23.2. The molecule has 0 saturated carbocycles. The fourth-order valence-electron chi connectivity index (χ4n) is 5.86. The minimum absolute atomic E-state index is 0.191. The molecule has 45 heavy (non-hydrogen) atoms. The van der Waals surface area contributed by atoms with E-state index in [1.165, 1.54) is 55.9 Å². The molecular formula is C39H48ClN2ORuS-2. The van der Waals surface area contributed by atoms with Crippen molar-refractivity contribution in [3.63, 3.8) is 0 Å². The Bertz CT molecular complexity index is 1490. The molecule has 243 valence electrons. The Hall–Kier alpha value is -2.72. The summed E-state index contributed by atoms with van der Waals surface area (Å²) in [4.78, 5) is 5.81. The minimum atomic E-state index is -0.191. The maximum atomic E-state index is 5.72. The van der Waals surface area contributed by atoms with Crippen molar-refractivity contribution in [1.29, 1.82) is 0 Å². The first kappa shape index (κ1) is 36.7. The van der Waals surface area contributed by atoms with Crippen LogP contribution in [0.1, 0.15) is 63.9 Å². The van der Waals surface area contributed by atoms with Crippen LogP contribution in [0.15, 0.2) is 71.6 Å². The molecule has 0 aromatic heterocycles. The van der Waals surface area contributed by atoms with Gasteiger partial charge in [0.05, 0.1) is 0 Å². The minimum Gasteiger partial charge on any atom is -0.779 e. The second-order valence-corrected chi connectivity index (χ2v) is 14.3. The van der Waals surface area contributed by atoms with Gasteiger partial charge in [-0.05, 0) is 77.6 Å². The van der Waals surface area contributed by atoms with Crippen LogP contribution >= 0.6 is 9.69 Å². The molecule has 0 N–H and O–H groups in total. The van der Waals surface area contributed by atoms with Gasteiger partial charge in [-0.3, -0.25) is 0 Å². The molecule has 5 rings (SSSR count). The molecule has 0 radical (unpaired) electrons. The maximum Gasteiger partial charge on any atom is 0.0146 e. The summed E-state index contributed by atoms with van der Waals surface area (Å²) in [5.41, 5.74) is 14.3. The van der Waals surface area contributed by atoms with Crippen LogP contribution < -0.4 is 14.5 Å². The number of ether oxygens (including phenoxy) is 1. The van der Waals surface area contributed by atoms with Crippen LogP contribution in [0.2, 0.25) is 0 Å². The number of hydrogen-bond acceptors (Lipinski definition) is 4. The topological polar surface area (TPSA) is 15.7 Å². The zero-order chi connectivity index (χ0) is 33.3. The van der Waals surface area contributed by atoms with Crippen molar-refractivity contribution in [3.8, 4) is 5.75 Å². The Balaban J connectivity index is 0.000000211. The summed E-state index contributed by atoms with van der Waals surface area (Å²) in [5.74, 6) is 0.924. The van der Waals surface area contributed by atoms with E-state index < -0.39 is 0 Å². The molecule has 1 saturated heterocycles. The molecule has 0 unspecified atom stereocenters. The van der Waals surface area contributed by atoms with Crippen LogP contribution in [0.4, 0.5) is 11.4 Å². The van der Waals surface area contributed by atoms with Gasteiger partial charge in [-0.15, -0.1) is 0 Å². The van der Waals surface area contributed by atoms with Gasteiger partial charge < -0.3 is 22.4 Å². The molecule has 1 aliphatic heterocycles. The first-order valence-corrected chi connectivity index (χ1v) is 19.1. The zero-order valence-corrected chi connectivity index (χ0v) is 31.8. The summed E-state index contributed by atoms with van der Waals surface area (Å²) < 4.78 is 7.66. The van der Waals surface area contributed by atoms with Gasteiger partial charge in [0.15, 0.2) is 0 Å². The van der Waals surface area contributed by atoms with E-state index in [9.17, 15) is 0 Å². The van der Waals surface area contributed by atoms with Gasteiger partial charge in [-0.2, -0.15) is 11.6 Å². The van der Waals surface area contributed by atoms with E-state index in [1.54, 1.807) is 0 Å². The Morgan fingerprint density at radius 2 is 1.16 bits per heavy atom. The molecule has 6 heteroatoms. The molecule has 0 spiro atoms. The van der Waals surface area contributed by atoms with Gasteiger partial charge >= 0.3 is 90.3 Å². The molecule has 1 aliphatic rings. The molecular weight excluding hydrogens is 681 g/mol. The van der Waals surface area contributed by atoms with E-state index >= 15 is 0 Å². The quantitative estimate of drug-likeness (QED) is 0.115. The SMILES string of the molecule is CC(C)Oc1ccccc1[CH]=[Ru][Cl].Cc1cc(C)c(N2[CH-]N(c3c(C)cc(C)cc3C)CC2)c(C)c1.Cc1cccc(C)c1[S-]. The molecule has 3 nitrogen and oxygen atoms in total. The number of benzene rings is 4. The third kappa shape index (κ3) is 10.4. The maximum absolute atomic E-state index is 5.72. The van der Waals surface area contributed by atoms with Crippen LogP contribution in [-0.4, -0.2) is 23.8 Å². The van der Waals surface area contributed by atoms with Crippen LogP contribution in [-0.2, 0) is 28.3 Å². The van der Waals surface area contributed by atoms with Crippen molar-refractivity contribution in [1.82, 2.24) is 0 Å². The van der Waals surface area contributed by atoms with Crippen LogP contribution in [0.25, 0.3) is 0 Å². The number of hydrogen-bond donors (Lipinski definition) is 0. The third-order valence-corrected chi connectivity index (χ3v) is 9.38. The molecule has 0 atom stereocenters. The Morgan fingerprint density at radius 1 is 0.711 bits per heavy atom. The average molecular weight is 729 g/mol. The van der Waals surface area contributed by atoms with Gasteiger partial charge in [0.2, 0.25) is 0 Å². The van der Waals surface area contributed by atoms with Gasteiger partial charge in [0.1, 0.15) is 0 Å². The van der Waals surface area contributed by atoms with E-state index in [1.807, 2.05) is 74.8 Å². The van der Waals surface area contributed by atoms with Crippen LogP contribution in [0, 0.1) is 62.1 Å². The first-order chi connectivity index (χ1) is 21.3. The number of anilines is 2. The average Bonchev–Trinajstić information content (AvgIpc) is 3.41. The monoisotopic (exact) mass is 729 g/mol. The molecule has 0 amide bonds. The fraction of sp³-hybridized carbons (Fsp3) is 0.333. The van der Waals surface area contributed by atoms with E-state index in [2.05, 4.69) is 82.3 Å². The first-order valence-electron chi connectivity index (χ1n) is 15.4. The van der Waals surface area contributed by atoms with E-state index in [-0.39, 0.29) is 21.8 Å². The largest absolute Gasteiger partial charge is 0.779 e. The van der Waals surface area contributed by atoms with E-state index in [0.29, 0.717) is 0 Å². The van der Waals surface area contributed by atoms with Gasteiger partial charge in [0, 0.05) is 24.5 Å². The predicted molar refractivity (Wildman–Crippen MR) is 195 cm³/mol. The van der Waals surface area contributed by atoms with Crippen molar-refractivity contribution in [2.24, 2.45) is 0 Å². The van der Waals surface area contributed by atoms with Gasteiger partial charge in [-0.1, -0.05) is 64.7 Å². The van der Waals surface area contributed by atoms with Gasteiger partial charge in [-0.25, -0.2) is 0 Å². The smallest absolute Gasteiger partial charge is 0.0146 e. The molecule has 1 heterocycles. The van der Waals surface area contributed by atoms with Crippen molar-refractivity contribution in [2.45, 2.75) is 80.2 Å². The Kier molecular flexibility index (Phi) is 14.1. The zero-order valence-electron chi connectivity index (χ0n) is 28.4. The van der Waals surface area contributed by atoms with Crippen molar-refractivity contribution in [3.05, 3.63) is 123 Å². The predicted octanol–water partition coefficient (Wildman–Crippen LogP) is 10.1. The molecule has 0 bridgehead atoms. The Labute approximate surface area is 289 Å². The number of rotatable bonds is 5. The Morgan fingerprint density at radius 3 is 1.56 bits per heavy atom. The van der Waals surface area contributed by atoms with E-state index in [0.717, 1.165) is 29.3 Å². The second-order valence-electron chi connectivity index (χ2n) is 12.1. The third-order valence-electron chi connectivity index (χ3n) is 7.54. The summed E-state index contributed by atoms with van der Waals surface area (Å²) in [5, 5.41) is 0. The van der Waals surface area contributed by atoms with Crippen LogP contribution in [0.5, 0.6) is 5.75 Å². The molecule has 4 aromatic rings. The number of nitrogens with zero attached hydrogens (tertiary/aromatic N) is 2. The number of halogens is 1. The van der Waals surface area contributed by atoms with Crippen molar-refractivity contribution in [2.75, 3.05) is 22.9 Å². The van der Waals surface area contributed by atoms with Crippen molar-refractivity contribution >= 4 is 38.3 Å². The molecule has 1 fully saturated rings. The molecule has 0 aliphatic carbocycles. The van der Waals surface area contributed by atoms with Gasteiger partial charge in [0.25, 0.3) is 0 Å². The normalized spacial score (nSPS) is 12.8. The standard InChI is InChI=1S/C21H27N2.C10H12O.C8H10S.ClH.Ru/c1-14-9-16(3)20(17(4)10-14)22-7-8-23(13-22)21-18(5)11-15(2)12-19(21)6;1-8(2)11-10-7-5-4-6-9(10)3;1-6-4-3-5-7(2)8(6)9;;/h9-13H,7-8H2,1-6H3;3-8H,1-2H3;3-5,9H,1-2H3;1H;/q-1;;;;+1/p-2. The second kappa shape index (κ2) is 17.3. The number of aryl methyl sites for hydroxylation is 8. The van der Waals surface area contributed by atoms with Crippen molar-refractivity contribution < 1.29 is 20.4 Å². The van der Waals surface area contributed by atoms with E-state index in [4.69, 9.17) is 27.1 Å². The number of para-hydroxylation sites is 1.